The molecule has 0 spiro atoms. The van der Waals surface area contributed by atoms with Crippen molar-refractivity contribution in [3.8, 4) is 0 Å². The third kappa shape index (κ3) is 3.46. The molecule has 0 aromatic heterocycles. The fraction of sp³-hybridized carbons (Fsp3) is 0.727. The van der Waals surface area contributed by atoms with E-state index in [0.29, 0.717) is 26.1 Å². The van der Waals surface area contributed by atoms with Crippen LogP contribution in [0.4, 0.5) is 4.79 Å². The van der Waals surface area contributed by atoms with E-state index < -0.39 is 16.3 Å². The van der Waals surface area contributed by atoms with Crippen LogP contribution < -0.4 is 4.72 Å². The van der Waals surface area contributed by atoms with E-state index in [9.17, 15) is 13.2 Å². The van der Waals surface area contributed by atoms with E-state index in [-0.39, 0.29) is 24.4 Å². The minimum absolute atomic E-state index is 0.0366. The number of carbonyl (C=O) groups is 1. The average molecular weight is 321 g/mol. The van der Waals surface area contributed by atoms with Gasteiger partial charge in [-0.1, -0.05) is 12.7 Å². The Morgan fingerprint density at radius 1 is 1.55 bits per heavy atom. The number of hydrogen-bond acceptors (Lipinski definition) is 5. The van der Waals surface area contributed by atoms with Crippen molar-refractivity contribution in [2.75, 3.05) is 32.8 Å². The van der Waals surface area contributed by atoms with Crippen LogP contribution >= 0.6 is 12.6 Å². The molecule has 2 aliphatic heterocycles. The van der Waals surface area contributed by atoms with Gasteiger partial charge in [0.05, 0.1) is 6.04 Å². The topological polar surface area (TPSA) is 79.0 Å². The van der Waals surface area contributed by atoms with Gasteiger partial charge in [-0.15, -0.1) is 0 Å². The van der Waals surface area contributed by atoms with Crippen molar-refractivity contribution in [3.63, 3.8) is 0 Å². The highest BCUT2D eigenvalue weighted by Gasteiger charge is 2.39. The molecule has 20 heavy (non-hydrogen) atoms. The normalized spacial score (nSPS) is 29.6. The Kier molecular flexibility index (Phi) is 4.95. The van der Waals surface area contributed by atoms with Crippen LogP contribution in [0.1, 0.15) is 6.42 Å². The third-order valence-electron chi connectivity index (χ3n) is 3.35. The minimum atomic E-state index is -3.39. The zero-order chi connectivity index (χ0) is 14.8. The molecule has 2 aliphatic rings. The van der Waals surface area contributed by atoms with Gasteiger partial charge in [0.1, 0.15) is 6.61 Å². The number of carbonyl (C=O) groups excluding carboxylic acids is 1. The maximum absolute atomic E-state index is 11.9. The third-order valence-corrected chi connectivity index (χ3v) is 5.31. The summed E-state index contributed by atoms with van der Waals surface area (Å²) in [6.07, 6.45) is 1.70. The van der Waals surface area contributed by atoms with Gasteiger partial charge in [-0.25, -0.2) is 9.52 Å². The van der Waals surface area contributed by atoms with Gasteiger partial charge < -0.3 is 9.64 Å². The van der Waals surface area contributed by atoms with Crippen molar-refractivity contribution in [2.24, 2.45) is 0 Å². The molecule has 0 radical (unpaired) electrons. The van der Waals surface area contributed by atoms with Crippen LogP contribution in [-0.4, -0.2) is 67.8 Å². The molecule has 0 aromatic rings. The van der Waals surface area contributed by atoms with E-state index in [1.807, 2.05) is 0 Å². The molecule has 0 saturated carbocycles. The molecule has 9 heteroatoms. The molecule has 0 aliphatic carbocycles. The van der Waals surface area contributed by atoms with Crippen molar-refractivity contribution < 1.29 is 17.9 Å². The molecular weight excluding hydrogens is 302 g/mol. The molecule has 0 aromatic carbocycles. The van der Waals surface area contributed by atoms with Crippen LogP contribution in [0.3, 0.4) is 0 Å². The van der Waals surface area contributed by atoms with Crippen molar-refractivity contribution in [2.45, 2.75) is 17.7 Å². The van der Waals surface area contributed by atoms with Crippen molar-refractivity contribution in [1.82, 2.24) is 13.9 Å². The van der Waals surface area contributed by atoms with Crippen molar-refractivity contribution in [3.05, 3.63) is 12.7 Å². The van der Waals surface area contributed by atoms with E-state index in [2.05, 4.69) is 23.9 Å². The molecule has 114 valence electrons. The molecule has 2 atom stereocenters. The predicted octanol–water partition coefficient (Wildman–Crippen LogP) is -0.168. The molecule has 0 bridgehead atoms. The van der Waals surface area contributed by atoms with E-state index in [4.69, 9.17) is 4.74 Å². The molecule has 1 amide bonds. The largest absolute Gasteiger partial charge is 0.445 e. The first-order valence-corrected chi connectivity index (χ1v) is 8.37. The van der Waals surface area contributed by atoms with Gasteiger partial charge in [-0.3, -0.25) is 0 Å². The molecule has 2 rings (SSSR count). The molecule has 1 N–H and O–H groups in total. The highest BCUT2D eigenvalue weighted by Crippen LogP contribution is 2.24. The number of nitrogens with one attached hydrogen (secondary N) is 1. The van der Waals surface area contributed by atoms with Crippen LogP contribution in [0.5, 0.6) is 0 Å². The average Bonchev–Trinajstić information content (AvgIpc) is 2.90. The Hall–Kier alpha value is -0.770. The Balaban J connectivity index is 2.01. The van der Waals surface area contributed by atoms with Gasteiger partial charge in [-0.05, 0) is 6.42 Å². The van der Waals surface area contributed by atoms with E-state index in [1.165, 1.54) is 10.4 Å². The van der Waals surface area contributed by atoms with Gasteiger partial charge in [0.2, 0.25) is 0 Å². The van der Waals surface area contributed by atoms with Crippen LogP contribution in [0.15, 0.2) is 12.7 Å². The van der Waals surface area contributed by atoms with Gasteiger partial charge in [0, 0.05) is 31.4 Å². The zero-order valence-electron chi connectivity index (χ0n) is 11.1. The molecule has 2 fully saturated rings. The SMILES string of the molecule is C=CCOC(=O)N1C[C@@H](S)C[C@H]1CN1CCNS1(=O)=O. The van der Waals surface area contributed by atoms with Crippen LogP contribution in [0, 0.1) is 0 Å². The Bertz CT molecular complexity index is 482. The maximum atomic E-state index is 11.9. The standard InChI is InChI=1S/C11H19N3O4S2/c1-2-5-18-11(15)14-8-10(19)6-9(14)7-13-4-3-12-20(13,16)17/h2,9-10,12,19H,1,3-8H2/t9-,10-/m0/s1. The zero-order valence-corrected chi connectivity index (χ0v) is 12.8. The molecule has 2 saturated heterocycles. The van der Waals surface area contributed by atoms with Gasteiger partial charge in [0.25, 0.3) is 10.2 Å². The lowest BCUT2D eigenvalue weighted by Crippen LogP contribution is -2.44. The van der Waals surface area contributed by atoms with Crippen LogP contribution in [0.2, 0.25) is 0 Å². The number of amides is 1. The van der Waals surface area contributed by atoms with Gasteiger partial charge in [0.15, 0.2) is 0 Å². The van der Waals surface area contributed by atoms with E-state index in [0.717, 1.165) is 0 Å². The second kappa shape index (κ2) is 6.33. The van der Waals surface area contributed by atoms with E-state index in [1.54, 1.807) is 4.90 Å². The summed E-state index contributed by atoms with van der Waals surface area (Å²) >= 11 is 4.38. The molecule has 2 heterocycles. The number of ether oxygens (including phenoxy) is 1. The first-order valence-electron chi connectivity index (χ1n) is 6.41. The Labute approximate surface area is 124 Å². The fourth-order valence-corrected chi connectivity index (χ4v) is 4.09. The lowest BCUT2D eigenvalue weighted by Gasteiger charge is -2.26. The summed E-state index contributed by atoms with van der Waals surface area (Å²) in [7, 11) is -3.39. The number of likely N-dealkylation sites (tertiary alicyclic amines) is 1. The fourth-order valence-electron chi connectivity index (χ4n) is 2.44. The highest BCUT2D eigenvalue weighted by molar-refractivity contribution is 7.87. The quantitative estimate of drug-likeness (QED) is 0.557. The van der Waals surface area contributed by atoms with Gasteiger partial charge in [-0.2, -0.15) is 25.4 Å². The lowest BCUT2D eigenvalue weighted by atomic mass is 10.2. The minimum Gasteiger partial charge on any atom is -0.445 e. The summed E-state index contributed by atoms with van der Waals surface area (Å²) in [4.78, 5) is 13.5. The van der Waals surface area contributed by atoms with Crippen LogP contribution in [0.25, 0.3) is 0 Å². The van der Waals surface area contributed by atoms with Crippen molar-refractivity contribution in [1.29, 1.82) is 0 Å². The second-order valence-electron chi connectivity index (χ2n) is 4.82. The molecule has 0 unspecified atom stereocenters. The van der Waals surface area contributed by atoms with E-state index >= 15 is 0 Å². The monoisotopic (exact) mass is 321 g/mol. The predicted molar refractivity (Wildman–Crippen MR) is 77.9 cm³/mol. The number of thiol groups is 1. The molecular formula is C11H19N3O4S2. The first kappa shape index (κ1) is 15.6. The lowest BCUT2D eigenvalue weighted by molar-refractivity contribution is 0.104. The number of hydrogen-bond donors (Lipinski definition) is 2. The van der Waals surface area contributed by atoms with Crippen LogP contribution in [-0.2, 0) is 14.9 Å². The summed E-state index contributed by atoms with van der Waals surface area (Å²) in [5.74, 6) is 0. The summed E-state index contributed by atoms with van der Waals surface area (Å²) in [6, 6.07) is -0.204. The van der Waals surface area contributed by atoms with Gasteiger partial charge >= 0.3 is 6.09 Å². The summed E-state index contributed by atoms with van der Waals surface area (Å²) in [5.41, 5.74) is 0. The Morgan fingerprint density at radius 2 is 2.30 bits per heavy atom. The number of rotatable bonds is 4. The number of nitrogens with zero attached hydrogens (tertiary/aromatic N) is 2. The second-order valence-corrected chi connectivity index (χ2v) is 7.30. The first-order chi connectivity index (χ1) is 9.44. The smallest absolute Gasteiger partial charge is 0.410 e. The highest BCUT2D eigenvalue weighted by atomic mass is 32.2. The maximum Gasteiger partial charge on any atom is 0.410 e. The summed E-state index contributed by atoms with van der Waals surface area (Å²) < 4.78 is 32.3. The van der Waals surface area contributed by atoms with Crippen molar-refractivity contribution >= 4 is 28.9 Å². The summed E-state index contributed by atoms with van der Waals surface area (Å²) in [5, 5.41) is 0.0366. The summed E-state index contributed by atoms with van der Waals surface area (Å²) in [6.45, 7) is 5.19. The Morgan fingerprint density at radius 3 is 2.90 bits per heavy atom. The molecule has 7 nitrogen and oxygen atoms in total.